The standard InChI is InChI=1S/C13H19N3O2/c1-15-5-6-16(9-13(15)17)8-10-7-11(14)3-4-12(10)18-2/h3-4,7H,5-6,8-9,14H2,1-2H3. The van der Waals surface area contributed by atoms with Crippen LogP contribution in [0.4, 0.5) is 5.69 Å². The molecule has 0 atom stereocenters. The highest BCUT2D eigenvalue weighted by Crippen LogP contribution is 2.23. The summed E-state index contributed by atoms with van der Waals surface area (Å²) in [6, 6.07) is 5.58. The van der Waals surface area contributed by atoms with E-state index in [9.17, 15) is 4.79 Å². The van der Waals surface area contributed by atoms with Gasteiger partial charge in [-0.05, 0) is 18.2 Å². The number of hydrogen-bond acceptors (Lipinski definition) is 4. The van der Waals surface area contributed by atoms with Crippen molar-refractivity contribution in [2.75, 3.05) is 39.5 Å². The number of methoxy groups -OCH3 is 1. The van der Waals surface area contributed by atoms with Gasteiger partial charge in [0.05, 0.1) is 13.7 Å². The Balaban J connectivity index is 2.09. The maximum atomic E-state index is 11.6. The van der Waals surface area contributed by atoms with Gasteiger partial charge in [0, 0.05) is 37.9 Å². The third-order valence-corrected chi connectivity index (χ3v) is 3.23. The van der Waals surface area contributed by atoms with Crippen LogP contribution in [0.3, 0.4) is 0 Å². The summed E-state index contributed by atoms with van der Waals surface area (Å²) >= 11 is 0. The highest BCUT2D eigenvalue weighted by Gasteiger charge is 2.21. The van der Waals surface area contributed by atoms with Gasteiger partial charge in [0.1, 0.15) is 5.75 Å². The number of likely N-dealkylation sites (N-methyl/N-ethyl adjacent to an activating group) is 1. The molecule has 0 aliphatic carbocycles. The van der Waals surface area contributed by atoms with Crippen molar-refractivity contribution in [1.29, 1.82) is 0 Å². The molecule has 0 spiro atoms. The van der Waals surface area contributed by atoms with Gasteiger partial charge in [0.15, 0.2) is 0 Å². The van der Waals surface area contributed by atoms with E-state index >= 15 is 0 Å². The molecular weight excluding hydrogens is 230 g/mol. The van der Waals surface area contributed by atoms with Gasteiger partial charge in [-0.1, -0.05) is 0 Å². The summed E-state index contributed by atoms with van der Waals surface area (Å²) in [7, 11) is 3.48. The van der Waals surface area contributed by atoms with Crippen LogP contribution in [-0.2, 0) is 11.3 Å². The number of carbonyl (C=O) groups is 1. The zero-order chi connectivity index (χ0) is 13.1. The lowest BCUT2D eigenvalue weighted by Crippen LogP contribution is -2.48. The number of carbonyl (C=O) groups excluding carboxylic acids is 1. The Kier molecular flexibility index (Phi) is 3.72. The number of anilines is 1. The van der Waals surface area contributed by atoms with Crippen LogP contribution < -0.4 is 10.5 Å². The van der Waals surface area contributed by atoms with E-state index in [2.05, 4.69) is 4.90 Å². The number of nitrogen functional groups attached to an aromatic ring is 1. The summed E-state index contributed by atoms with van der Waals surface area (Å²) in [5.74, 6) is 0.972. The number of hydrogen-bond donors (Lipinski definition) is 1. The highest BCUT2D eigenvalue weighted by molar-refractivity contribution is 5.78. The minimum Gasteiger partial charge on any atom is -0.496 e. The third kappa shape index (κ3) is 2.73. The fourth-order valence-corrected chi connectivity index (χ4v) is 2.11. The lowest BCUT2D eigenvalue weighted by atomic mass is 10.1. The quantitative estimate of drug-likeness (QED) is 0.795. The van der Waals surface area contributed by atoms with Crippen molar-refractivity contribution in [2.24, 2.45) is 0 Å². The summed E-state index contributed by atoms with van der Waals surface area (Å²) in [6.07, 6.45) is 0. The summed E-state index contributed by atoms with van der Waals surface area (Å²) < 4.78 is 5.31. The predicted molar refractivity (Wildman–Crippen MR) is 70.3 cm³/mol. The first-order chi connectivity index (χ1) is 8.60. The molecular formula is C13H19N3O2. The fourth-order valence-electron chi connectivity index (χ4n) is 2.11. The number of amides is 1. The molecule has 1 aliphatic rings. The molecule has 5 heteroatoms. The molecule has 0 saturated carbocycles. The second-order valence-corrected chi connectivity index (χ2v) is 4.60. The number of ether oxygens (including phenoxy) is 1. The van der Waals surface area contributed by atoms with Gasteiger partial charge in [-0.25, -0.2) is 0 Å². The van der Waals surface area contributed by atoms with Crippen LogP contribution in [0.2, 0.25) is 0 Å². The molecule has 1 aromatic carbocycles. The van der Waals surface area contributed by atoms with E-state index in [-0.39, 0.29) is 5.91 Å². The average molecular weight is 249 g/mol. The van der Waals surface area contributed by atoms with Crippen molar-refractivity contribution in [1.82, 2.24) is 9.80 Å². The maximum absolute atomic E-state index is 11.6. The van der Waals surface area contributed by atoms with Crippen LogP contribution in [0.25, 0.3) is 0 Å². The molecule has 1 aromatic rings. The van der Waals surface area contributed by atoms with Gasteiger partial charge in [-0.3, -0.25) is 9.69 Å². The maximum Gasteiger partial charge on any atom is 0.236 e. The minimum atomic E-state index is 0.157. The van der Waals surface area contributed by atoms with E-state index < -0.39 is 0 Å². The van der Waals surface area contributed by atoms with Crippen molar-refractivity contribution >= 4 is 11.6 Å². The zero-order valence-corrected chi connectivity index (χ0v) is 10.8. The van der Waals surface area contributed by atoms with Gasteiger partial charge in [0.2, 0.25) is 5.91 Å². The largest absolute Gasteiger partial charge is 0.496 e. The van der Waals surface area contributed by atoms with Gasteiger partial charge in [0.25, 0.3) is 0 Å². The average Bonchev–Trinajstić information content (AvgIpc) is 2.34. The van der Waals surface area contributed by atoms with E-state index in [1.54, 1.807) is 12.0 Å². The molecule has 98 valence electrons. The Morgan fingerprint density at radius 3 is 2.83 bits per heavy atom. The van der Waals surface area contributed by atoms with Crippen molar-refractivity contribution in [3.63, 3.8) is 0 Å². The van der Waals surface area contributed by atoms with Crippen LogP contribution in [-0.4, -0.2) is 49.5 Å². The molecule has 0 aromatic heterocycles. The molecule has 0 unspecified atom stereocenters. The van der Waals surface area contributed by atoms with E-state index in [4.69, 9.17) is 10.5 Å². The smallest absolute Gasteiger partial charge is 0.236 e. The van der Waals surface area contributed by atoms with Gasteiger partial charge < -0.3 is 15.4 Å². The molecule has 1 heterocycles. The normalized spacial score (nSPS) is 17.0. The molecule has 1 aliphatic heterocycles. The summed E-state index contributed by atoms with van der Waals surface area (Å²) in [5, 5.41) is 0. The minimum absolute atomic E-state index is 0.157. The number of piperazine rings is 1. The number of nitrogens with zero attached hydrogens (tertiary/aromatic N) is 2. The van der Waals surface area contributed by atoms with Crippen molar-refractivity contribution in [3.05, 3.63) is 23.8 Å². The Hall–Kier alpha value is -1.75. The molecule has 2 rings (SSSR count). The van der Waals surface area contributed by atoms with E-state index in [0.29, 0.717) is 18.8 Å². The second-order valence-electron chi connectivity index (χ2n) is 4.60. The number of rotatable bonds is 3. The number of benzene rings is 1. The molecule has 1 fully saturated rings. The molecule has 2 N–H and O–H groups in total. The first-order valence-electron chi connectivity index (χ1n) is 5.99. The van der Waals surface area contributed by atoms with Gasteiger partial charge >= 0.3 is 0 Å². The Morgan fingerprint density at radius 1 is 1.39 bits per heavy atom. The molecule has 5 nitrogen and oxygen atoms in total. The summed E-state index contributed by atoms with van der Waals surface area (Å²) in [6.45, 7) is 2.78. The Morgan fingerprint density at radius 2 is 2.17 bits per heavy atom. The lowest BCUT2D eigenvalue weighted by Gasteiger charge is -2.32. The predicted octanol–water partition coefficient (Wildman–Crippen LogP) is 0.551. The van der Waals surface area contributed by atoms with Crippen molar-refractivity contribution < 1.29 is 9.53 Å². The van der Waals surface area contributed by atoms with E-state index in [0.717, 1.165) is 24.4 Å². The van der Waals surface area contributed by atoms with Crippen LogP contribution in [0.1, 0.15) is 5.56 Å². The highest BCUT2D eigenvalue weighted by atomic mass is 16.5. The van der Waals surface area contributed by atoms with Crippen molar-refractivity contribution in [2.45, 2.75) is 6.54 Å². The molecule has 1 amide bonds. The first kappa shape index (κ1) is 12.7. The zero-order valence-electron chi connectivity index (χ0n) is 10.8. The topological polar surface area (TPSA) is 58.8 Å². The van der Waals surface area contributed by atoms with Gasteiger partial charge in [-0.2, -0.15) is 0 Å². The summed E-state index contributed by atoms with van der Waals surface area (Å²) in [4.78, 5) is 15.5. The second kappa shape index (κ2) is 5.27. The lowest BCUT2D eigenvalue weighted by molar-refractivity contribution is -0.134. The fraction of sp³-hybridized carbons (Fsp3) is 0.462. The molecule has 0 radical (unpaired) electrons. The van der Waals surface area contributed by atoms with Crippen molar-refractivity contribution in [3.8, 4) is 5.75 Å². The molecule has 0 bridgehead atoms. The van der Waals surface area contributed by atoms with Crippen LogP contribution in [0.15, 0.2) is 18.2 Å². The Bertz CT molecular complexity index is 448. The van der Waals surface area contributed by atoms with Crippen LogP contribution in [0.5, 0.6) is 5.75 Å². The monoisotopic (exact) mass is 249 g/mol. The van der Waals surface area contributed by atoms with E-state index in [1.165, 1.54) is 0 Å². The molecule has 18 heavy (non-hydrogen) atoms. The first-order valence-corrected chi connectivity index (χ1v) is 5.99. The Labute approximate surface area is 107 Å². The van der Waals surface area contributed by atoms with E-state index in [1.807, 2.05) is 25.2 Å². The van der Waals surface area contributed by atoms with Gasteiger partial charge in [-0.15, -0.1) is 0 Å². The number of nitrogens with two attached hydrogens (primary N) is 1. The summed E-state index contributed by atoms with van der Waals surface area (Å²) in [5.41, 5.74) is 7.52. The third-order valence-electron chi connectivity index (χ3n) is 3.23. The SMILES string of the molecule is COc1ccc(N)cc1CN1CCN(C)C(=O)C1. The van der Waals surface area contributed by atoms with Crippen LogP contribution in [0, 0.1) is 0 Å². The van der Waals surface area contributed by atoms with Crippen LogP contribution >= 0.6 is 0 Å². The molecule has 1 saturated heterocycles.